The molecule has 1 saturated carbocycles. The van der Waals surface area contributed by atoms with E-state index in [-0.39, 0.29) is 11.8 Å². The molecule has 2 fully saturated rings. The summed E-state index contributed by atoms with van der Waals surface area (Å²) in [6.45, 7) is 7.70. The van der Waals surface area contributed by atoms with Crippen LogP contribution in [0.1, 0.15) is 66.4 Å². The summed E-state index contributed by atoms with van der Waals surface area (Å²) in [5.74, 6) is 2.25. The molecule has 0 radical (unpaired) electrons. The molecule has 1 amide bonds. The van der Waals surface area contributed by atoms with Gasteiger partial charge in [0.1, 0.15) is 5.69 Å². The summed E-state index contributed by atoms with van der Waals surface area (Å²) >= 11 is 0. The predicted molar refractivity (Wildman–Crippen MR) is 90.1 cm³/mol. The normalized spacial score (nSPS) is 18.9. The highest BCUT2D eigenvalue weighted by Gasteiger charge is 2.29. The highest BCUT2D eigenvalue weighted by Crippen LogP contribution is 2.39. The zero-order valence-corrected chi connectivity index (χ0v) is 14.7. The Labute approximate surface area is 146 Å². The van der Waals surface area contributed by atoms with E-state index in [0.717, 1.165) is 24.6 Å². The first-order chi connectivity index (χ1) is 12.1. The lowest BCUT2D eigenvalue weighted by atomic mass is 10.2. The van der Waals surface area contributed by atoms with E-state index >= 15 is 0 Å². The zero-order chi connectivity index (χ0) is 17.4. The molecule has 134 valence electrons. The minimum atomic E-state index is 0.0164. The van der Waals surface area contributed by atoms with Crippen molar-refractivity contribution in [2.75, 3.05) is 26.2 Å². The number of piperazine rings is 1. The number of aromatic nitrogens is 4. The van der Waals surface area contributed by atoms with Gasteiger partial charge < -0.3 is 9.42 Å². The van der Waals surface area contributed by atoms with Crippen LogP contribution in [0.3, 0.4) is 0 Å². The molecule has 1 saturated heterocycles. The molecule has 3 heterocycles. The molecule has 1 aliphatic carbocycles. The first kappa shape index (κ1) is 16.3. The summed E-state index contributed by atoms with van der Waals surface area (Å²) in [5, 5.41) is 11.2. The topological polar surface area (TPSA) is 91.2 Å². The van der Waals surface area contributed by atoms with Gasteiger partial charge in [0, 0.05) is 43.7 Å². The van der Waals surface area contributed by atoms with Crippen molar-refractivity contribution in [1.29, 1.82) is 0 Å². The molecule has 0 atom stereocenters. The monoisotopic (exact) mass is 344 g/mol. The van der Waals surface area contributed by atoms with E-state index in [1.807, 2.05) is 24.8 Å². The van der Waals surface area contributed by atoms with Gasteiger partial charge in [0.25, 0.3) is 5.91 Å². The second kappa shape index (κ2) is 6.59. The van der Waals surface area contributed by atoms with Crippen LogP contribution in [-0.4, -0.2) is 62.2 Å². The standard InChI is InChI=1S/C17H24N6O2/c1-11(2)16-18-15(25-21-16)10-22-5-7-23(8-6-22)17(24)14-9-13(19-20-14)12-3-4-12/h9,11-12H,3-8,10H2,1-2H3,(H,19,20). The fraction of sp³-hybridized carbons (Fsp3) is 0.647. The van der Waals surface area contributed by atoms with Crippen molar-refractivity contribution in [1.82, 2.24) is 30.1 Å². The van der Waals surface area contributed by atoms with E-state index in [4.69, 9.17) is 4.52 Å². The van der Waals surface area contributed by atoms with Crippen LogP contribution < -0.4 is 0 Å². The Morgan fingerprint density at radius 1 is 1.32 bits per heavy atom. The van der Waals surface area contributed by atoms with Gasteiger partial charge in [-0.15, -0.1) is 0 Å². The Morgan fingerprint density at radius 2 is 2.08 bits per heavy atom. The third-order valence-electron chi connectivity index (χ3n) is 4.85. The average Bonchev–Trinajstić information content (AvgIpc) is 3.16. The molecule has 8 heteroatoms. The summed E-state index contributed by atoms with van der Waals surface area (Å²) in [6.07, 6.45) is 2.39. The van der Waals surface area contributed by atoms with Crippen LogP contribution in [0.2, 0.25) is 0 Å². The van der Waals surface area contributed by atoms with E-state index in [1.54, 1.807) is 0 Å². The number of hydrogen-bond acceptors (Lipinski definition) is 6. The third-order valence-corrected chi connectivity index (χ3v) is 4.85. The molecule has 8 nitrogen and oxygen atoms in total. The van der Waals surface area contributed by atoms with Crippen molar-refractivity contribution in [3.63, 3.8) is 0 Å². The first-order valence-electron chi connectivity index (χ1n) is 8.99. The number of amides is 1. The van der Waals surface area contributed by atoms with Crippen LogP contribution >= 0.6 is 0 Å². The van der Waals surface area contributed by atoms with Crippen molar-refractivity contribution < 1.29 is 9.32 Å². The lowest BCUT2D eigenvalue weighted by molar-refractivity contribution is 0.0609. The summed E-state index contributed by atoms with van der Waals surface area (Å²) in [4.78, 5) is 21.1. The number of nitrogens with zero attached hydrogens (tertiary/aromatic N) is 5. The Kier molecular flexibility index (Phi) is 4.29. The molecular formula is C17H24N6O2. The lowest BCUT2D eigenvalue weighted by Gasteiger charge is -2.33. The SMILES string of the molecule is CC(C)c1noc(CN2CCN(C(=O)c3cc(C4CC4)[nH]n3)CC2)n1. The predicted octanol–water partition coefficient (Wildman–Crippen LogP) is 1.75. The number of hydrogen-bond donors (Lipinski definition) is 1. The fourth-order valence-electron chi connectivity index (χ4n) is 3.08. The molecule has 0 bridgehead atoms. The quantitative estimate of drug-likeness (QED) is 0.888. The maximum absolute atomic E-state index is 12.6. The second-order valence-corrected chi connectivity index (χ2v) is 7.25. The maximum atomic E-state index is 12.6. The van der Waals surface area contributed by atoms with Crippen LogP contribution in [0.25, 0.3) is 0 Å². The number of H-pyrrole nitrogens is 1. The molecule has 2 aromatic rings. The van der Waals surface area contributed by atoms with Crippen molar-refractivity contribution in [3.8, 4) is 0 Å². The highest BCUT2D eigenvalue weighted by atomic mass is 16.5. The Morgan fingerprint density at radius 3 is 2.72 bits per heavy atom. The van der Waals surface area contributed by atoms with Gasteiger partial charge in [0.2, 0.25) is 5.89 Å². The Bertz CT molecular complexity index is 740. The van der Waals surface area contributed by atoms with Crippen molar-refractivity contribution >= 4 is 5.91 Å². The number of nitrogens with one attached hydrogen (secondary N) is 1. The van der Waals surface area contributed by atoms with Gasteiger partial charge in [-0.25, -0.2) is 0 Å². The van der Waals surface area contributed by atoms with Gasteiger partial charge in [-0.3, -0.25) is 14.8 Å². The highest BCUT2D eigenvalue weighted by molar-refractivity contribution is 5.92. The van der Waals surface area contributed by atoms with Crippen molar-refractivity contribution in [2.24, 2.45) is 0 Å². The van der Waals surface area contributed by atoms with Crippen LogP contribution in [0.15, 0.2) is 10.6 Å². The van der Waals surface area contributed by atoms with Gasteiger partial charge in [0.05, 0.1) is 6.54 Å². The molecule has 4 rings (SSSR count). The van der Waals surface area contributed by atoms with E-state index in [9.17, 15) is 4.79 Å². The van der Waals surface area contributed by atoms with Crippen LogP contribution in [0.4, 0.5) is 0 Å². The van der Waals surface area contributed by atoms with Crippen LogP contribution in [0.5, 0.6) is 0 Å². The summed E-state index contributed by atoms with van der Waals surface area (Å²) in [5.41, 5.74) is 1.63. The average molecular weight is 344 g/mol. The molecular weight excluding hydrogens is 320 g/mol. The zero-order valence-electron chi connectivity index (χ0n) is 14.7. The van der Waals surface area contributed by atoms with Crippen LogP contribution in [0, 0.1) is 0 Å². The lowest BCUT2D eigenvalue weighted by Crippen LogP contribution is -2.48. The van der Waals surface area contributed by atoms with Gasteiger partial charge in [-0.05, 0) is 18.9 Å². The van der Waals surface area contributed by atoms with Gasteiger partial charge in [-0.2, -0.15) is 10.1 Å². The summed E-state index contributed by atoms with van der Waals surface area (Å²) < 4.78 is 5.31. The fourth-order valence-corrected chi connectivity index (χ4v) is 3.08. The summed E-state index contributed by atoms with van der Waals surface area (Å²) in [6, 6.07) is 1.91. The largest absolute Gasteiger partial charge is 0.338 e. The number of rotatable bonds is 5. The van der Waals surface area contributed by atoms with Crippen LogP contribution in [-0.2, 0) is 6.54 Å². The minimum absolute atomic E-state index is 0.0164. The molecule has 25 heavy (non-hydrogen) atoms. The molecule has 1 N–H and O–H groups in total. The van der Waals surface area contributed by atoms with Gasteiger partial charge in [-0.1, -0.05) is 19.0 Å². The smallest absolute Gasteiger partial charge is 0.274 e. The van der Waals surface area contributed by atoms with E-state index in [0.29, 0.717) is 37.1 Å². The first-order valence-corrected chi connectivity index (χ1v) is 8.99. The molecule has 2 aliphatic rings. The summed E-state index contributed by atoms with van der Waals surface area (Å²) in [7, 11) is 0. The molecule has 2 aromatic heterocycles. The van der Waals surface area contributed by atoms with E-state index < -0.39 is 0 Å². The van der Waals surface area contributed by atoms with E-state index in [2.05, 4.69) is 25.2 Å². The third kappa shape index (κ3) is 3.58. The molecule has 1 aliphatic heterocycles. The molecule has 0 aromatic carbocycles. The number of carbonyl (C=O) groups excluding carboxylic acids is 1. The molecule has 0 spiro atoms. The number of aromatic amines is 1. The van der Waals surface area contributed by atoms with Gasteiger partial charge >= 0.3 is 0 Å². The second-order valence-electron chi connectivity index (χ2n) is 7.25. The van der Waals surface area contributed by atoms with Crippen molar-refractivity contribution in [3.05, 3.63) is 29.2 Å². The number of carbonyl (C=O) groups is 1. The minimum Gasteiger partial charge on any atom is -0.338 e. The molecule has 0 unspecified atom stereocenters. The Balaban J connectivity index is 1.30. The van der Waals surface area contributed by atoms with Crippen molar-refractivity contribution in [2.45, 2.75) is 45.1 Å². The van der Waals surface area contributed by atoms with Gasteiger partial charge in [0.15, 0.2) is 5.82 Å². The maximum Gasteiger partial charge on any atom is 0.274 e. The van der Waals surface area contributed by atoms with E-state index in [1.165, 1.54) is 12.8 Å². The Hall–Kier alpha value is -2.22.